The molecule has 73 heavy (non-hydrogen) atoms. The molecular formula is C61H40N8O2Se2. The van der Waals surface area contributed by atoms with E-state index in [-0.39, 0.29) is 65.2 Å². The van der Waals surface area contributed by atoms with Crippen LogP contribution in [0, 0.1) is 17.8 Å². The number of aliphatic hydroxyl groups excluding tert-OH is 2. The first-order valence-electron chi connectivity index (χ1n) is 24.5. The number of fused-ring (bicyclic) bond motifs is 4. The Morgan fingerprint density at radius 1 is 0.548 bits per heavy atom. The van der Waals surface area contributed by atoms with Crippen LogP contribution in [0.3, 0.4) is 0 Å². The van der Waals surface area contributed by atoms with E-state index in [1.54, 1.807) is 0 Å². The maximum atomic E-state index is 12.1. The summed E-state index contributed by atoms with van der Waals surface area (Å²) in [7, 11) is 0. The van der Waals surface area contributed by atoms with Crippen molar-refractivity contribution in [2.75, 3.05) is 15.1 Å². The Hall–Kier alpha value is -8.37. The zero-order chi connectivity index (χ0) is 48.1. The molecule has 0 fully saturated rings. The van der Waals surface area contributed by atoms with Crippen molar-refractivity contribution in [1.29, 1.82) is 0 Å². The minimum atomic E-state index is -0.303. The van der Waals surface area contributed by atoms with E-state index < -0.39 is 0 Å². The van der Waals surface area contributed by atoms with Crippen LogP contribution in [0.25, 0.3) is 10.8 Å². The maximum absolute atomic E-state index is 12.1. The van der Waals surface area contributed by atoms with E-state index in [4.69, 9.17) is 15.0 Å². The molecule has 0 bridgehead atoms. The van der Waals surface area contributed by atoms with Crippen molar-refractivity contribution in [2.45, 2.75) is 6.04 Å². The van der Waals surface area contributed by atoms with Crippen molar-refractivity contribution >= 4 is 110 Å². The molecule has 5 aliphatic carbocycles. The molecule has 4 atom stereocenters. The molecule has 5 heterocycles. The van der Waals surface area contributed by atoms with Gasteiger partial charge in [-0.3, -0.25) is 0 Å². The van der Waals surface area contributed by atoms with Gasteiger partial charge in [-0.1, -0.05) is 18.2 Å². The predicted molar refractivity (Wildman–Crippen MR) is 295 cm³/mol. The van der Waals surface area contributed by atoms with Gasteiger partial charge in [-0.15, -0.1) is 0 Å². The zero-order valence-corrected chi connectivity index (χ0v) is 42.1. The molecule has 5 aliphatic heterocycles. The third-order valence-corrected chi connectivity index (χ3v) is 20.0. The molecule has 10 nitrogen and oxygen atoms in total. The number of nitrogens with one attached hydrogen (secondary N) is 3. The van der Waals surface area contributed by atoms with Crippen LogP contribution in [0.5, 0.6) is 0 Å². The van der Waals surface area contributed by atoms with Crippen molar-refractivity contribution in [1.82, 2.24) is 10.6 Å². The van der Waals surface area contributed by atoms with Gasteiger partial charge in [0.2, 0.25) is 0 Å². The molecule has 0 radical (unpaired) electrons. The fourth-order valence-corrected chi connectivity index (χ4v) is 16.5. The molecule has 6 aromatic rings. The minimum absolute atomic E-state index is 0.0947. The molecule has 4 unspecified atom stereocenters. The molecule has 6 aromatic carbocycles. The van der Waals surface area contributed by atoms with Crippen molar-refractivity contribution < 1.29 is 10.2 Å². The first-order valence-corrected chi connectivity index (χ1v) is 27.9. The molecule has 0 saturated carbocycles. The van der Waals surface area contributed by atoms with Crippen molar-refractivity contribution in [3.8, 4) is 0 Å². The van der Waals surface area contributed by atoms with Crippen LogP contribution in [-0.4, -0.2) is 63.9 Å². The second-order valence-electron chi connectivity index (χ2n) is 19.2. The number of nitrogens with zero attached hydrogens (tertiary/aromatic N) is 5. The van der Waals surface area contributed by atoms with Crippen LogP contribution < -0.4 is 43.6 Å². The normalized spacial score (nSPS) is 23.0. The third kappa shape index (κ3) is 6.00. The summed E-state index contributed by atoms with van der Waals surface area (Å²) in [6, 6.07) is 44.9. The van der Waals surface area contributed by atoms with Gasteiger partial charge in [-0.2, -0.15) is 0 Å². The van der Waals surface area contributed by atoms with E-state index in [0.717, 1.165) is 102 Å². The van der Waals surface area contributed by atoms with Crippen LogP contribution in [0.2, 0.25) is 0 Å². The van der Waals surface area contributed by atoms with Gasteiger partial charge >= 0.3 is 388 Å². The van der Waals surface area contributed by atoms with E-state index in [2.05, 4.69) is 202 Å². The Balaban J connectivity index is 0.697. The van der Waals surface area contributed by atoms with Crippen LogP contribution in [0.15, 0.2) is 260 Å². The van der Waals surface area contributed by atoms with Crippen molar-refractivity contribution in [3.63, 3.8) is 0 Å². The topological polar surface area (TPSA) is 120 Å². The Labute approximate surface area is 432 Å². The van der Waals surface area contributed by atoms with Crippen LogP contribution in [-0.2, 0) is 0 Å². The zero-order valence-electron chi connectivity index (χ0n) is 38.7. The van der Waals surface area contributed by atoms with Gasteiger partial charge in [0.05, 0.1) is 0 Å². The molecular weight excluding hydrogens is 1030 g/mol. The number of hydrogen-bond donors (Lipinski definition) is 5. The number of aliphatic hydroxyl groups is 2. The Kier molecular flexibility index (Phi) is 8.80. The van der Waals surface area contributed by atoms with E-state index in [1.165, 1.54) is 17.8 Å². The van der Waals surface area contributed by atoms with E-state index in [9.17, 15) is 10.2 Å². The number of guanidine groups is 2. The van der Waals surface area contributed by atoms with Crippen molar-refractivity contribution in [2.24, 2.45) is 32.7 Å². The van der Waals surface area contributed by atoms with Gasteiger partial charge in [0.15, 0.2) is 0 Å². The summed E-state index contributed by atoms with van der Waals surface area (Å²) >= 11 is 0.390. The number of para-hydroxylation sites is 4. The Bertz CT molecular complexity index is 3940. The summed E-state index contributed by atoms with van der Waals surface area (Å²) < 4.78 is 5.28. The van der Waals surface area contributed by atoms with Crippen molar-refractivity contribution in [3.05, 3.63) is 250 Å². The molecule has 16 rings (SSSR count). The van der Waals surface area contributed by atoms with Gasteiger partial charge < -0.3 is 0 Å². The Morgan fingerprint density at radius 3 is 1.90 bits per heavy atom. The number of amidine groups is 1. The molecule has 0 aromatic heterocycles. The fourth-order valence-electron chi connectivity index (χ4n) is 12.1. The molecule has 348 valence electrons. The van der Waals surface area contributed by atoms with Gasteiger partial charge in [0.1, 0.15) is 0 Å². The Morgan fingerprint density at radius 2 is 1.21 bits per heavy atom. The third-order valence-electron chi connectivity index (χ3n) is 15.3. The van der Waals surface area contributed by atoms with Crippen LogP contribution >= 0.6 is 0 Å². The predicted octanol–water partition coefficient (Wildman–Crippen LogP) is 8.63. The summed E-state index contributed by atoms with van der Waals surface area (Å²) in [6.07, 6.45) is 20.9. The van der Waals surface area contributed by atoms with E-state index in [1.807, 2.05) is 12.2 Å². The fraction of sp³-hybridized carbons (Fsp3) is 0.0656. The average molecular weight is 1070 g/mol. The van der Waals surface area contributed by atoms with Gasteiger partial charge in [0.25, 0.3) is 0 Å². The standard InChI is InChI=1S/C61H40N8O2Se2/c70-57-55(58(71)56(57)36-27-30-42-53-33(36)13-10-16-39(53)64-60(66-42)68-44-18-1-5-22-48(44)72-49-23-6-2-19-45(49)68)35-26-29-41-52-32(35)12-9-15-38(52)62-59(63-41)37-28-31-43-54-34(37)14-11-17-40(54)65-61(67-43)69-46-20-3-7-24-50(46)73-51-25-8-4-21-47(51)69/h1-32,35,39,53,70-71H,(H,62,63)(H,64,66)(H,65,67). The molecule has 12 heteroatoms. The molecule has 0 amide bonds. The first kappa shape index (κ1) is 41.3. The summed E-state index contributed by atoms with van der Waals surface area (Å²) in [6.45, 7) is 0. The molecule has 5 N–H and O–H groups in total. The molecule has 0 spiro atoms. The summed E-state index contributed by atoms with van der Waals surface area (Å²) in [5, 5.41) is 37.5. The quantitative estimate of drug-likeness (QED) is 0.113. The number of anilines is 5. The summed E-state index contributed by atoms with van der Waals surface area (Å²) in [4.78, 5) is 20.5. The first-order chi connectivity index (χ1) is 36.0. The number of allylic oxidation sites excluding steroid dienone is 12. The molecule has 10 aliphatic rings. The van der Waals surface area contributed by atoms with Gasteiger partial charge in [0, 0.05) is 17.4 Å². The number of benzene rings is 6. The van der Waals surface area contributed by atoms with Gasteiger partial charge in [-0.05, 0) is 12.2 Å². The number of aliphatic imine (C=N–C) groups is 3. The molecule has 0 saturated heterocycles. The van der Waals surface area contributed by atoms with Crippen LogP contribution in [0.4, 0.5) is 34.1 Å². The second-order valence-corrected chi connectivity index (χ2v) is 23.7. The van der Waals surface area contributed by atoms with E-state index in [0.29, 0.717) is 11.1 Å². The average Bonchev–Trinajstić information content (AvgIpc) is 3.43. The van der Waals surface area contributed by atoms with Gasteiger partial charge in [-0.25, -0.2) is 0 Å². The monoisotopic (exact) mass is 1080 g/mol. The number of rotatable bonds is 3. The summed E-state index contributed by atoms with van der Waals surface area (Å²) in [5.74, 6) is 2.00. The SMILES string of the molecule is OC1=C(C2=CC=C3NC(N4c5ccccc5[Se]c5ccccc54)=NC4C=CC=C2C34)C(O)=C1C1C=CC2=C3C(=CC=CC31)NC(c1ccc3c4c(cccc14)N=C(N1c4ccccc4[Se]c4ccccc41)N3)=N2. The van der Waals surface area contributed by atoms with E-state index >= 15 is 0 Å². The second kappa shape index (κ2) is 15.6. The number of hydrogen-bond acceptors (Lipinski definition) is 10. The van der Waals surface area contributed by atoms with Crippen LogP contribution in [0.1, 0.15) is 5.56 Å². The summed E-state index contributed by atoms with van der Waals surface area (Å²) in [5.41, 5.74) is 14.2.